The normalized spacial score (nSPS) is 9.85. The van der Waals surface area contributed by atoms with E-state index in [0.717, 1.165) is 5.56 Å². The zero-order valence-corrected chi connectivity index (χ0v) is 17.1. The van der Waals surface area contributed by atoms with Crippen LogP contribution >= 0.6 is 0 Å². The van der Waals surface area contributed by atoms with Gasteiger partial charge in [-0.2, -0.15) is 9.97 Å². The molecule has 27 heavy (non-hydrogen) atoms. The molecule has 0 aliphatic carbocycles. The first-order chi connectivity index (χ1) is 12.6. The van der Waals surface area contributed by atoms with Crippen molar-refractivity contribution in [1.29, 1.82) is 0 Å². The van der Waals surface area contributed by atoms with Gasteiger partial charge in [0.2, 0.25) is 11.8 Å². The molecule has 0 radical (unpaired) electrons. The summed E-state index contributed by atoms with van der Waals surface area (Å²) in [5.41, 5.74) is 1.10. The van der Waals surface area contributed by atoms with Crippen LogP contribution in [0.15, 0.2) is 54.6 Å². The van der Waals surface area contributed by atoms with Gasteiger partial charge in [-0.3, -0.25) is 0 Å². The second-order valence-electron chi connectivity index (χ2n) is 5.17. The minimum Gasteiger partial charge on any atom is -0.545 e. The van der Waals surface area contributed by atoms with E-state index in [4.69, 9.17) is 14.2 Å². The Hall–Kier alpha value is -2.61. The maximum Gasteiger partial charge on any atom is 1.00 e. The van der Waals surface area contributed by atoms with E-state index in [-0.39, 0.29) is 58.6 Å². The average Bonchev–Trinajstić information content (AvgIpc) is 2.68. The fraction of sp³-hybridized carbons (Fsp3) is 0.105. The summed E-state index contributed by atoms with van der Waals surface area (Å²) >= 11 is 0. The molecule has 132 valence electrons. The summed E-state index contributed by atoms with van der Waals surface area (Å²) in [6, 6.07) is 15.3. The van der Waals surface area contributed by atoms with Crippen molar-refractivity contribution in [3.05, 3.63) is 60.2 Å². The summed E-state index contributed by atoms with van der Waals surface area (Å²) in [5.74, 6) is -0.863. The van der Waals surface area contributed by atoms with Gasteiger partial charge >= 0.3 is 35.6 Å². The zero-order chi connectivity index (χ0) is 18.5. The molecule has 0 unspecified atom stereocenters. The molecule has 7 nitrogen and oxygen atoms in total. The van der Waals surface area contributed by atoms with Gasteiger partial charge in [0.15, 0.2) is 0 Å². The van der Waals surface area contributed by atoms with Crippen LogP contribution in [0.1, 0.15) is 10.4 Å². The standard InChI is InChI=1S/C19H16N2O5.Na/c1-24-15-11-16(25-2)21-19(20-15)26-14-10-6-9-13(17(14)18(22)23)12-7-4-3-5-8-12;/h3-11H,1-2H3,(H,22,23);/q;+1/p-1. The van der Waals surface area contributed by atoms with Crippen LogP contribution in [0, 0.1) is 0 Å². The number of carboxylic acids is 1. The van der Waals surface area contributed by atoms with E-state index >= 15 is 0 Å². The van der Waals surface area contributed by atoms with Crippen molar-refractivity contribution in [3.63, 3.8) is 0 Å². The van der Waals surface area contributed by atoms with Crippen molar-refractivity contribution in [2.75, 3.05) is 14.2 Å². The van der Waals surface area contributed by atoms with Gasteiger partial charge in [0.1, 0.15) is 5.75 Å². The molecule has 0 aliphatic heterocycles. The number of hydrogen-bond donors (Lipinski definition) is 0. The Morgan fingerprint density at radius 1 is 0.926 bits per heavy atom. The Morgan fingerprint density at radius 3 is 2.11 bits per heavy atom. The van der Waals surface area contributed by atoms with Crippen LogP contribution in [-0.2, 0) is 0 Å². The predicted octanol–water partition coefficient (Wildman–Crippen LogP) is -0.679. The van der Waals surface area contributed by atoms with E-state index in [9.17, 15) is 9.90 Å². The summed E-state index contributed by atoms with van der Waals surface area (Å²) in [6.07, 6.45) is 0. The molecule has 0 saturated carbocycles. The van der Waals surface area contributed by atoms with Crippen molar-refractivity contribution in [2.45, 2.75) is 0 Å². The molecule has 2 aromatic carbocycles. The monoisotopic (exact) mass is 374 g/mol. The number of carboxylic acid groups (broad SMARTS) is 1. The zero-order valence-electron chi connectivity index (χ0n) is 15.1. The molecular weight excluding hydrogens is 359 g/mol. The van der Waals surface area contributed by atoms with Gasteiger partial charge in [0.05, 0.1) is 26.3 Å². The van der Waals surface area contributed by atoms with Gasteiger partial charge in [-0.25, -0.2) is 0 Å². The van der Waals surface area contributed by atoms with E-state index < -0.39 is 5.97 Å². The largest absolute Gasteiger partial charge is 1.00 e. The van der Waals surface area contributed by atoms with Crippen molar-refractivity contribution < 1.29 is 53.7 Å². The molecule has 1 heterocycles. The first kappa shape index (κ1) is 20.7. The van der Waals surface area contributed by atoms with Crippen LogP contribution in [0.25, 0.3) is 11.1 Å². The van der Waals surface area contributed by atoms with Crippen molar-refractivity contribution >= 4 is 5.97 Å². The molecule has 0 N–H and O–H groups in total. The summed E-state index contributed by atoms with van der Waals surface area (Å²) in [5, 5.41) is 11.8. The molecule has 3 rings (SSSR count). The van der Waals surface area contributed by atoms with E-state index in [2.05, 4.69) is 9.97 Å². The number of aromatic carboxylic acids is 1. The third kappa shape index (κ3) is 4.77. The number of carbonyl (C=O) groups is 1. The van der Waals surface area contributed by atoms with E-state index in [1.165, 1.54) is 26.4 Å². The van der Waals surface area contributed by atoms with Gasteiger partial charge in [-0.15, -0.1) is 0 Å². The van der Waals surface area contributed by atoms with E-state index in [0.29, 0.717) is 5.56 Å². The Bertz CT molecular complexity index is 912. The number of rotatable bonds is 6. The van der Waals surface area contributed by atoms with Gasteiger partial charge < -0.3 is 24.1 Å². The molecule has 0 bridgehead atoms. The number of aromatic nitrogens is 2. The number of benzene rings is 2. The molecule has 0 atom stereocenters. The number of ether oxygens (including phenoxy) is 3. The van der Waals surface area contributed by atoms with Gasteiger partial charge in [0, 0.05) is 5.56 Å². The summed E-state index contributed by atoms with van der Waals surface area (Å²) in [7, 11) is 2.88. The Morgan fingerprint density at radius 2 is 1.56 bits per heavy atom. The maximum atomic E-state index is 11.8. The second kappa shape index (κ2) is 9.36. The molecule has 0 aliphatic rings. The minimum atomic E-state index is -1.37. The van der Waals surface area contributed by atoms with Crippen LogP contribution in [0.3, 0.4) is 0 Å². The molecule has 8 heteroatoms. The number of carbonyl (C=O) groups excluding carboxylic acids is 1. The fourth-order valence-electron chi connectivity index (χ4n) is 2.42. The molecular formula is C19H15N2NaO5. The summed E-state index contributed by atoms with van der Waals surface area (Å²) < 4.78 is 15.7. The van der Waals surface area contributed by atoms with Crippen LogP contribution < -0.4 is 48.9 Å². The molecule has 1 aromatic heterocycles. The Balaban J connectivity index is 0.00000261. The van der Waals surface area contributed by atoms with E-state index in [1.54, 1.807) is 24.3 Å². The van der Waals surface area contributed by atoms with Gasteiger partial charge in [-0.1, -0.05) is 42.5 Å². The topological polar surface area (TPSA) is 93.6 Å². The summed E-state index contributed by atoms with van der Waals surface area (Å²) in [4.78, 5) is 19.9. The Labute approximate surface area is 178 Å². The van der Waals surface area contributed by atoms with Gasteiger partial charge in [-0.05, 0) is 17.2 Å². The first-order valence-electron chi connectivity index (χ1n) is 7.67. The average molecular weight is 374 g/mol. The van der Waals surface area contributed by atoms with Crippen molar-refractivity contribution in [1.82, 2.24) is 9.97 Å². The third-order valence-corrected chi connectivity index (χ3v) is 3.59. The van der Waals surface area contributed by atoms with Crippen LogP contribution in [-0.4, -0.2) is 30.2 Å². The number of hydrogen-bond acceptors (Lipinski definition) is 7. The van der Waals surface area contributed by atoms with Crippen LogP contribution in [0.2, 0.25) is 0 Å². The third-order valence-electron chi connectivity index (χ3n) is 3.59. The number of nitrogens with zero attached hydrogens (tertiary/aromatic N) is 2. The maximum absolute atomic E-state index is 11.8. The van der Waals surface area contributed by atoms with Crippen molar-refractivity contribution in [3.8, 4) is 34.6 Å². The van der Waals surface area contributed by atoms with E-state index in [1.807, 2.05) is 18.2 Å². The van der Waals surface area contributed by atoms with Crippen LogP contribution in [0.5, 0.6) is 23.5 Å². The SMILES string of the molecule is COc1cc(OC)nc(Oc2cccc(-c3ccccc3)c2C(=O)[O-])n1.[Na+]. The minimum absolute atomic E-state index is 0. The van der Waals surface area contributed by atoms with Gasteiger partial charge in [0.25, 0.3) is 0 Å². The van der Waals surface area contributed by atoms with Crippen LogP contribution in [0.4, 0.5) is 0 Å². The number of methoxy groups -OCH3 is 2. The molecule has 0 amide bonds. The van der Waals surface area contributed by atoms with Crippen molar-refractivity contribution in [2.24, 2.45) is 0 Å². The predicted molar refractivity (Wildman–Crippen MR) is 91.4 cm³/mol. The quantitative estimate of drug-likeness (QED) is 0.528. The molecule has 0 saturated heterocycles. The Kier molecular flexibility index (Phi) is 7.18. The smallest absolute Gasteiger partial charge is 0.545 e. The fourth-order valence-corrected chi connectivity index (χ4v) is 2.42. The molecule has 3 aromatic rings. The summed E-state index contributed by atoms with van der Waals surface area (Å²) in [6.45, 7) is 0. The molecule has 0 spiro atoms. The second-order valence-corrected chi connectivity index (χ2v) is 5.17. The molecule has 0 fully saturated rings. The first-order valence-corrected chi connectivity index (χ1v) is 7.67.